The summed E-state index contributed by atoms with van der Waals surface area (Å²) in [6.07, 6.45) is -2.50. The Hall–Kier alpha value is -1.57. The number of aromatic amines is 1. The molecule has 1 aromatic heterocycles. The number of carbonyl (C=O) groups is 1. The molecule has 0 bridgehead atoms. The maximum absolute atomic E-state index is 12.6. The van der Waals surface area contributed by atoms with Crippen molar-refractivity contribution in [1.82, 2.24) is 15.1 Å². The highest BCUT2D eigenvalue weighted by Crippen LogP contribution is 2.32. The van der Waals surface area contributed by atoms with Gasteiger partial charge in [0.15, 0.2) is 5.69 Å². The molecular formula is C13H18F3N3O2. The Bertz CT molecular complexity index is 501. The molecule has 1 aliphatic rings. The van der Waals surface area contributed by atoms with Gasteiger partial charge in [0, 0.05) is 18.2 Å². The summed E-state index contributed by atoms with van der Waals surface area (Å²) in [5, 5.41) is 14.9. The number of aliphatic carboxylic acids is 1. The fourth-order valence-corrected chi connectivity index (χ4v) is 2.82. The Labute approximate surface area is 120 Å². The lowest BCUT2D eigenvalue weighted by Crippen LogP contribution is -2.45. The minimum Gasteiger partial charge on any atom is -0.480 e. The van der Waals surface area contributed by atoms with Gasteiger partial charge in [0.1, 0.15) is 6.04 Å². The molecule has 0 saturated carbocycles. The van der Waals surface area contributed by atoms with Gasteiger partial charge in [-0.05, 0) is 31.9 Å². The third-order valence-corrected chi connectivity index (χ3v) is 3.89. The van der Waals surface area contributed by atoms with Crippen molar-refractivity contribution in [1.29, 1.82) is 0 Å². The minimum absolute atomic E-state index is 0.143. The summed E-state index contributed by atoms with van der Waals surface area (Å²) < 4.78 is 37.7. The largest absolute Gasteiger partial charge is 0.480 e. The molecule has 1 saturated heterocycles. The van der Waals surface area contributed by atoms with E-state index in [9.17, 15) is 23.1 Å². The lowest BCUT2D eigenvalue weighted by atomic mass is 9.93. The van der Waals surface area contributed by atoms with Crippen LogP contribution in [-0.2, 0) is 11.0 Å². The second kappa shape index (κ2) is 6.05. The number of carboxylic acids is 1. The Kier molecular flexibility index (Phi) is 4.55. The Balaban J connectivity index is 2.10. The van der Waals surface area contributed by atoms with Crippen LogP contribution >= 0.6 is 0 Å². The van der Waals surface area contributed by atoms with Gasteiger partial charge in [-0.15, -0.1) is 0 Å². The van der Waals surface area contributed by atoms with Crippen molar-refractivity contribution in [2.45, 2.75) is 44.3 Å². The normalized spacial score (nSPS) is 22.2. The third kappa shape index (κ3) is 3.55. The molecule has 0 aromatic carbocycles. The van der Waals surface area contributed by atoms with Gasteiger partial charge in [-0.25, -0.2) is 0 Å². The number of nitrogens with one attached hydrogen (secondary N) is 1. The molecule has 0 radical (unpaired) electrons. The zero-order valence-corrected chi connectivity index (χ0v) is 11.7. The van der Waals surface area contributed by atoms with E-state index < -0.39 is 23.9 Å². The number of hydrogen-bond acceptors (Lipinski definition) is 3. The molecule has 5 nitrogen and oxygen atoms in total. The predicted octanol–water partition coefficient (Wildman–Crippen LogP) is 2.47. The first kappa shape index (κ1) is 15.8. The van der Waals surface area contributed by atoms with Crippen molar-refractivity contribution < 1.29 is 23.1 Å². The first-order valence-corrected chi connectivity index (χ1v) is 6.92. The second-order valence-electron chi connectivity index (χ2n) is 5.30. The number of halogens is 3. The topological polar surface area (TPSA) is 69.2 Å². The van der Waals surface area contributed by atoms with E-state index in [1.165, 1.54) is 0 Å². The Morgan fingerprint density at radius 3 is 2.86 bits per heavy atom. The molecule has 118 valence electrons. The molecule has 2 N–H and O–H groups in total. The summed E-state index contributed by atoms with van der Waals surface area (Å²) >= 11 is 0. The van der Waals surface area contributed by atoms with Gasteiger partial charge in [0.25, 0.3) is 0 Å². The molecule has 1 aromatic rings. The number of rotatable bonds is 4. The summed E-state index contributed by atoms with van der Waals surface area (Å²) in [6.45, 7) is 2.88. The van der Waals surface area contributed by atoms with Crippen LogP contribution in [0.1, 0.15) is 43.5 Å². The maximum Gasteiger partial charge on any atom is 0.435 e. The molecular weight excluding hydrogens is 287 g/mol. The van der Waals surface area contributed by atoms with Crippen LogP contribution in [0.3, 0.4) is 0 Å². The van der Waals surface area contributed by atoms with E-state index in [0.29, 0.717) is 25.2 Å². The van der Waals surface area contributed by atoms with Gasteiger partial charge < -0.3 is 5.11 Å². The van der Waals surface area contributed by atoms with Crippen molar-refractivity contribution in [3.63, 3.8) is 0 Å². The van der Waals surface area contributed by atoms with E-state index in [-0.39, 0.29) is 5.92 Å². The van der Waals surface area contributed by atoms with E-state index in [0.717, 1.165) is 18.9 Å². The van der Waals surface area contributed by atoms with Gasteiger partial charge >= 0.3 is 12.1 Å². The average molecular weight is 305 g/mol. The van der Waals surface area contributed by atoms with Crippen molar-refractivity contribution in [3.8, 4) is 0 Å². The molecule has 8 heteroatoms. The fourth-order valence-electron chi connectivity index (χ4n) is 2.82. The number of piperidine rings is 1. The van der Waals surface area contributed by atoms with Crippen LogP contribution in [0, 0.1) is 0 Å². The molecule has 1 fully saturated rings. The van der Waals surface area contributed by atoms with Crippen LogP contribution in [0.2, 0.25) is 0 Å². The highest BCUT2D eigenvalue weighted by molar-refractivity contribution is 5.73. The lowest BCUT2D eigenvalue weighted by Gasteiger charge is -2.35. The lowest BCUT2D eigenvalue weighted by molar-refractivity contribution is -0.144. The monoisotopic (exact) mass is 305 g/mol. The number of alkyl halides is 3. The number of likely N-dealkylation sites (tertiary alicyclic amines) is 1. The molecule has 2 unspecified atom stereocenters. The maximum atomic E-state index is 12.6. The predicted molar refractivity (Wildman–Crippen MR) is 68.9 cm³/mol. The molecule has 2 rings (SSSR count). The zero-order valence-electron chi connectivity index (χ0n) is 11.7. The van der Waals surface area contributed by atoms with Crippen LogP contribution in [-0.4, -0.2) is 45.3 Å². The summed E-state index contributed by atoms with van der Waals surface area (Å²) in [4.78, 5) is 13.0. The van der Waals surface area contributed by atoms with Crippen molar-refractivity contribution in [2.75, 3.05) is 13.1 Å². The van der Waals surface area contributed by atoms with Crippen LogP contribution in [0.4, 0.5) is 13.2 Å². The number of nitrogens with zero attached hydrogens (tertiary/aromatic N) is 2. The standard InChI is InChI=1S/C13H18F3N3O2/c1-2-10(12(20)21)19-5-3-4-8(7-19)9-6-11(18-17-9)13(14,15)16/h6,8,10H,2-5,7H2,1H3,(H,17,18)(H,20,21). The fraction of sp³-hybridized carbons (Fsp3) is 0.692. The summed E-state index contributed by atoms with van der Waals surface area (Å²) in [5.74, 6) is -1.03. The first-order chi connectivity index (χ1) is 9.82. The Morgan fingerprint density at radius 1 is 1.62 bits per heavy atom. The summed E-state index contributed by atoms with van der Waals surface area (Å²) in [6, 6.07) is 0.438. The second-order valence-corrected chi connectivity index (χ2v) is 5.30. The number of hydrogen-bond donors (Lipinski definition) is 2. The summed E-state index contributed by atoms with van der Waals surface area (Å²) in [7, 11) is 0. The van der Waals surface area contributed by atoms with Crippen LogP contribution in [0.25, 0.3) is 0 Å². The van der Waals surface area contributed by atoms with Crippen molar-refractivity contribution in [2.24, 2.45) is 0 Å². The molecule has 2 heterocycles. The summed E-state index contributed by atoms with van der Waals surface area (Å²) in [5.41, 5.74) is -0.507. The number of carboxylic acid groups (broad SMARTS) is 1. The van der Waals surface area contributed by atoms with Gasteiger partial charge in [0.05, 0.1) is 0 Å². The molecule has 0 aliphatic carbocycles. The highest BCUT2D eigenvalue weighted by atomic mass is 19.4. The van der Waals surface area contributed by atoms with Crippen molar-refractivity contribution in [3.05, 3.63) is 17.5 Å². The van der Waals surface area contributed by atoms with Gasteiger partial charge in [-0.1, -0.05) is 6.92 Å². The highest BCUT2D eigenvalue weighted by Gasteiger charge is 2.36. The van der Waals surface area contributed by atoms with Crippen LogP contribution in [0.15, 0.2) is 6.07 Å². The Morgan fingerprint density at radius 2 is 2.33 bits per heavy atom. The van der Waals surface area contributed by atoms with Gasteiger partial charge in [0.2, 0.25) is 0 Å². The molecule has 2 atom stereocenters. The van der Waals surface area contributed by atoms with E-state index in [4.69, 9.17) is 0 Å². The van der Waals surface area contributed by atoms with Crippen molar-refractivity contribution >= 4 is 5.97 Å². The number of H-pyrrole nitrogens is 1. The van der Waals surface area contributed by atoms with E-state index >= 15 is 0 Å². The quantitative estimate of drug-likeness (QED) is 0.896. The SMILES string of the molecule is CCC(C(=O)O)N1CCCC(c2cc(C(F)(F)F)n[nH]2)C1. The van der Waals surface area contributed by atoms with Crippen LogP contribution in [0.5, 0.6) is 0 Å². The van der Waals surface area contributed by atoms with Gasteiger partial charge in [-0.2, -0.15) is 18.3 Å². The molecule has 0 spiro atoms. The van der Waals surface area contributed by atoms with Crippen LogP contribution < -0.4 is 0 Å². The van der Waals surface area contributed by atoms with E-state index in [2.05, 4.69) is 10.2 Å². The third-order valence-electron chi connectivity index (χ3n) is 3.89. The first-order valence-electron chi connectivity index (χ1n) is 6.92. The zero-order chi connectivity index (χ0) is 15.6. The van der Waals surface area contributed by atoms with Gasteiger partial charge in [-0.3, -0.25) is 14.8 Å². The molecule has 0 amide bonds. The molecule has 1 aliphatic heterocycles. The minimum atomic E-state index is -4.46. The number of aromatic nitrogens is 2. The van der Waals surface area contributed by atoms with E-state index in [1.54, 1.807) is 6.92 Å². The molecule has 21 heavy (non-hydrogen) atoms. The average Bonchev–Trinajstić information content (AvgIpc) is 2.89. The van der Waals surface area contributed by atoms with E-state index in [1.807, 2.05) is 4.90 Å². The smallest absolute Gasteiger partial charge is 0.435 e.